The van der Waals surface area contributed by atoms with Gasteiger partial charge in [-0.1, -0.05) is 11.8 Å². The van der Waals surface area contributed by atoms with Crippen LogP contribution >= 0.6 is 11.8 Å². The summed E-state index contributed by atoms with van der Waals surface area (Å²) in [4.78, 5) is 26.4. The zero-order valence-corrected chi connectivity index (χ0v) is 11.6. The number of carboxylic acid groups (broad SMARTS) is 1. The number of carbonyl (C=O) groups excluding carboxylic acids is 1. The summed E-state index contributed by atoms with van der Waals surface area (Å²) in [5.41, 5.74) is 0.829. The van der Waals surface area contributed by atoms with E-state index in [4.69, 9.17) is 5.11 Å². The van der Waals surface area contributed by atoms with E-state index in [1.54, 1.807) is 0 Å². The van der Waals surface area contributed by atoms with Crippen LogP contribution in [0.1, 0.15) is 25.0 Å². The predicted molar refractivity (Wildman–Crippen MR) is 71.1 cm³/mol. The highest BCUT2D eigenvalue weighted by Gasteiger charge is 2.23. The van der Waals surface area contributed by atoms with Crippen LogP contribution < -0.4 is 5.32 Å². The molecule has 1 aromatic rings. The Morgan fingerprint density at radius 2 is 2.32 bits per heavy atom. The minimum Gasteiger partial charge on any atom is -0.481 e. The molecule has 6 nitrogen and oxygen atoms in total. The highest BCUT2D eigenvalue weighted by atomic mass is 32.2. The van der Waals surface area contributed by atoms with Crippen molar-refractivity contribution in [2.24, 2.45) is 0 Å². The molecule has 1 aliphatic carbocycles. The summed E-state index contributed by atoms with van der Waals surface area (Å²) in [6.07, 6.45) is 4.40. The van der Waals surface area contributed by atoms with Crippen molar-refractivity contribution in [2.75, 3.05) is 5.75 Å². The lowest BCUT2D eigenvalue weighted by Crippen LogP contribution is -2.26. The van der Waals surface area contributed by atoms with E-state index in [1.807, 2.05) is 17.7 Å². The summed E-state index contributed by atoms with van der Waals surface area (Å²) < 4.78 is 1.84. The Morgan fingerprint density at radius 1 is 1.58 bits per heavy atom. The first-order valence-corrected chi connectivity index (χ1v) is 7.21. The predicted octanol–water partition coefficient (Wildman–Crippen LogP) is 1.04. The van der Waals surface area contributed by atoms with Crippen molar-refractivity contribution in [2.45, 2.75) is 43.9 Å². The fourth-order valence-electron chi connectivity index (χ4n) is 1.68. The van der Waals surface area contributed by atoms with Crippen LogP contribution in [-0.2, 0) is 16.1 Å². The number of carboxylic acids is 1. The van der Waals surface area contributed by atoms with Crippen molar-refractivity contribution in [3.63, 3.8) is 0 Å². The molecule has 1 heterocycles. The minimum absolute atomic E-state index is 0.0231. The summed E-state index contributed by atoms with van der Waals surface area (Å²) in [5, 5.41) is 12.3. The third-order valence-corrected chi connectivity index (χ3v) is 3.68. The normalized spacial score (nSPS) is 14.4. The molecular formula is C12H17N3O3S. The number of thioether (sulfide) groups is 1. The number of imidazole rings is 1. The zero-order chi connectivity index (χ0) is 13.8. The number of aromatic nitrogens is 2. The summed E-state index contributed by atoms with van der Waals surface area (Å²) in [6, 6.07) is 0.373. The lowest BCUT2D eigenvalue weighted by Gasteiger charge is -2.07. The lowest BCUT2D eigenvalue weighted by molar-refractivity contribution is -0.134. The van der Waals surface area contributed by atoms with Crippen LogP contribution in [0.5, 0.6) is 0 Å². The van der Waals surface area contributed by atoms with E-state index in [0.29, 0.717) is 24.2 Å². The molecule has 104 valence electrons. The first-order valence-electron chi connectivity index (χ1n) is 6.22. The van der Waals surface area contributed by atoms with Crippen molar-refractivity contribution < 1.29 is 14.7 Å². The fraction of sp³-hybridized carbons (Fsp3) is 0.583. The van der Waals surface area contributed by atoms with Crippen molar-refractivity contribution in [3.05, 3.63) is 11.9 Å². The highest BCUT2D eigenvalue weighted by Crippen LogP contribution is 2.20. The summed E-state index contributed by atoms with van der Waals surface area (Å²) in [7, 11) is 0. The number of aryl methyl sites for hydroxylation is 2. The number of hydrogen-bond acceptors (Lipinski definition) is 4. The maximum atomic E-state index is 11.6. The van der Waals surface area contributed by atoms with Crippen molar-refractivity contribution in [3.8, 4) is 0 Å². The number of nitrogens with one attached hydrogen (secondary N) is 1. The molecule has 1 aliphatic rings. The zero-order valence-electron chi connectivity index (χ0n) is 10.8. The van der Waals surface area contributed by atoms with Crippen molar-refractivity contribution in [1.82, 2.24) is 14.9 Å². The second-order valence-corrected chi connectivity index (χ2v) is 5.57. The highest BCUT2D eigenvalue weighted by molar-refractivity contribution is 7.99. The number of amides is 1. The first-order chi connectivity index (χ1) is 9.04. The van der Waals surface area contributed by atoms with Gasteiger partial charge in [-0.25, -0.2) is 4.98 Å². The van der Waals surface area contributed by atoms with Gasteiger partial charge in [0, 0.05) is 25.2 Å². The maximum Gasteiger partial charge on any atom is 0.313 e. The molecule has 2 N–H and O–H groups in total. The van der Waals surface area contributed by atoms with Gasteiger partial charge in [-0.3, -0.25) is 9.59 Å². The Bertz CT molecular complexity index is 483. The molecule has 2 rings (SSSR count). The smallest absolute Gasteiger partial charge is 0.313 e. The van der Waals surface area contributed by atoms with Crippen LogP contribution in [-0.4, -0.2) is 38.3 Å². The minimum atomic E-state index is -0.872. The second kappa shape index (κ2) is 6.10. The number of carbonyl (C=O) groups is 2. The molecule has 1 fully saturated rings. The molecule has 1 aromatic heterocycles. The van der Waals surface area contributed by atoms with Gasteiger partial charge >= 0.3 is 5.97 Å². The van der Waals surface area contributed by atoms with E-state index in [9.17, 15) is 9.59 Å². The van der Waals surface area contributed by atoms with Gasteiger partial charge in [0.1, 0.15) is 0 Å². The van der Waals surface area contributed by atoms with Gasteiger partial charge in [0.2, 0.25) is 5.91 Å². The maximum absolute atomic E-state index is 11.6. The van der Waals surface area contributed by atoms with Crippen molar-refractivity contribution >= 4 is 23.6 Å². The summed E-state index contributed by atoms with van der Waals surface area (Å²) in [5.74, 6) is -0.850. The topological polar surface area (TPSA) is 84.2 Å². The first kappa shape index (κ1) is 13.9. The molecule has 1 saturated carbocycles. The second-order valence-electron chi connectivity index (χ2n) is 4.63. The Labute approximate surface area is 115 Å². The quantitative estimate of drug-likeness (QED) is 0.730. The average molecular weight is 283 g/mol. The average Bonchev–Trinajstić information content (AvgIpc) is 3.06. The molecule has 0 aromatic carbocycles. The molecule has 0 saturated heterocycles. The molecule has 0 aliphatic heterocycles. The van der Waals surface area contributed by atoms with Crippen LogP contribution in [0.2, 0.25) is 0 Å². The van der Waals surface area contributed by atoms with Gasteiger partial charge in [-0.15, -0.1) is 0 Å². The Hall–Kier alpha value is -1.50. The van der Waals surface area contributed by atoms with Gasteiger partial charge in [0.15, 0.2) is 5.16 Å². The fourth-order valence-corrected chi connectivity index (χ4v) is 2.45. The van der Waals surface area contributed by atoms with E-state index in [1.165, 1.54) is 11.8 Å². The lowest BCUT2D eigenvalue weighted by atomic mass is 10.4. The number of hydrogen-bond donors (Lipinski definition) is 2. The number of aliphatic carboxylic acids is 1. The van der Waals surface area contributed by atoms with Crippen LogP contribution in [0.15, 0.2) is 11.4 Å². The van der Waals surface area contributed by atoms with E-state index in [2.05, 4.69) is 10.3 Å². The Balaban J connectivity index is 1.86. The molecule has 19 heavy (non-hydrogen) atoms. The summed E-state index contributed by atoms with van der Waals surface area (Å²) >= 11 is 1.17. The van der Waals surface area contributed by atoms with Gasteiger partial charge in [-0.05, 0) is 19.8 Å². The molecule has 0 spiro atoms. The van der Waals surface area contributed by atoms with Gasteiger partial charge < -0.3 is 15.0 Å². The Morgan fingerprint density at radius 3 is 2.95 bits per heavy atom. The largest absolute Gasteiger partial charge is 0.481 e. The van der Waals surface area contributed by atoms with E-state index >= 15 is 0 Å². The Kier molecular flexibility index (Phi) is 4.47. The summed E-state index contributed by atoms with van der Waals surface area (Å²) in [6.45, 7) is 2.38. The molecule has 0 bridgehead atoms. The van der Waals surface area contributed by atoms with Crippen LogP contribution in [0.3, 0.4) is 0 Å². The van der Waals surface area contributed by atoms with E-state index < -0.39 is 5.97 Å². The van der Waals surface area contributed by atoms with E-state index in [-0.39, 0.29) is 11.7 Å². The van der Waals surface area contributed by atoms with Gasteiger partial charge in [-0.2, -0.15) is 0 Å². The number of nitrogens with zero attached hydrogens (tertiary/aromatic N) is 2. The standard InChI is InChI=1S/C12H17N3O3S/c1-8-6-15(12(13-8)19-7-11(17)18)5-4-10(16)14-9-2-3-9/h6,9H,2-5,7H2,1H3,(H,14,16)(H,17,18). The molecule has 0 unspecified atom stereocenters. The van der Waals surface area contributed by atoms with E-state index in [0.717, 1.165) is 18.5 Å². The molecule has 0 atom stereocenters. The van der Waals surface area contributed by atoms with Crippen LogP contribution in [0.4, 0.5) is 0 Å². The van der Waals surface area contributed by atoms with Crippen molar-refractivity contribution in [1.29, 1.82) is 0 Å². The van der Waals surface area contributed by atoms with Gasteiger partial charge in [0.05, 0.1) is 11.4 Å². The van der Waals surface area contributed by atoms with Crippen LogP contribution in [0, 0.1) is 6.92 Å². The SMILES string of the molecule is Cc1cn(CCC(=O)NC2CC2)c(SCC(=O)O)n1. The molecule has 0 radical (unpaired) electrons. The third kappa shape index (κ3) is 4.59. The van der Waals surface area contributed by atoms with Crippen LogP contribution in [0.25, 0.3) is 0 Å². The molecular weight excluding hydrogens is 266 g/mol. The van der Waals surface area contributed by atoms with Gasteiger partial charge in [0.25, 0.3) is 0 Å². The number of rotatable bonds is 7. The molecule has 7 heteroatoms. The third-order valence-electron chi connectivity index (χ3n) is 2.71. The molecule has 1 amide bonds. The monoisotopic (exact) mass is 283 g/mol.